The van der Waals surface area contributed by atoms with Gasteiger partial charge in [-0.3, -0.25) is 0 Å². The van der Waals surface area contributed by atoms with Gasteiger partial charge in [-0.25, -0.2) is 4.39 Å². The van der Waals surface area contributed by atoms with Gasteiger partial charge in [-0.1, -0.05) is 19.1 Å². The molecule has 0 spiro atoms. The SMILES string of the molecule is CCCNC(c1ccc(F)c(C)c1)C1CCSC1. The summed E-state index contributed by atoms with van der Waals surface area (Å²) in [4.78, 5) is 0. The second-order valence-electron chi connectivity index (χ2n) is 5.06. The lowest BCUT2D eigenvalue weighted by molar-refractivity contribution is 0.393. The summed E-state index contributed by atoms with van der Waals surface area (Å²) in [6.45, 7) is 5.06. The molecule has 1 aliphatic rings. The van der Waals surface area contributed by atoms with Crippen molar-refractivity contribution >= 4 is 11.8 Å². The Morgan fingerprint density at radius 2 is 2.33 bits per heavy atom. The number of halogens is 1. The highest BCUT2D eigenvalue weighted by Gasteiger charge is 2.26. The van der Waals surface area contributed by atoms with Crippen molar-refractivity contribution in [3.05, 3.63) is 35.1 Å². The number of benzene rings is 1. The van der Waals surface area contributed by atoms with Crippen LogP contribution in [0.4, 0.5) is 4.39 Å². The van der Waals surface area contributed by atoms with Crippen molar-refractivity contribution in [3.63, 3.8) is 0 Å². The van der Waals surface area contributed by atoms with E-state index in [0.717, 1.165) is 18.5 Å². The number of rotatable bonds is 5. The zero-order valence-electron chi connectivity index (χ0n) is 11.2. The summed E-state index contributed by atoms with van der Waals surface area (Å²) >= 11 is 2.03. The summed E-state index contributed by atoms with van der Waals surface area (Å²) in [5, 5.41) is 3.64. The van der Waals surface area contributed by atoms with Crippen molar-refractivity contribution in [1.29, 1.82) is 0 Å². The van der Waals surface area contributed by atoms with Crippen molar-refractivity contribution < 1.29 is 4.39 Å². The molecule has 0 aromatic heterocycles. The Morgan fingerprint density at radius 3 is 2.94 bits per heavy atom. The predicted molar refractivity (Wildman–Crippen MR) is 77.6 cm³/mol. The second-order valence-corrected chi connectivity index (χ2v) is 6.21. The number of nitrogens with one attached hydrogen (secondary N) is 1. The average molecular weight is 267 g/mol. The van der Waals surface area contributed by atoms with E-state index in [4.69, 9.17) is 0 Å². The molecule has 18 heavy (non-hydrogen) atoms. The largest absolute Gasteiger partial charge is 0.310 e. The van der Waals surface area contributed by atoms with Gasteiger partial charge in [0.15, 0.2) is 0 Å². The van der Waals surface area contributed by atoms with E-state index in [0.29, 0.717) is 12.0 Å². The van der Waals surface area contributed by atoms with Gasteiger partial charge in [-0.15, -0.1) is 0 Å². The molecule has 2 atom stereocenters. The quantitative estimate of drug-likeness (QED) is 0.867. The van der Waals surface area contributed by atoms with Gasteiger partial charge < -0.3 is 5.32 Å². The highest BCUT2D eigenvalue weighted by molar-refractivity contribution is 7.99. The Bertz CT molecular complexity index is 388. The van der Waals surface area contributed by atoms with E-state index in [9.17, 15) is 4.39 Å². The molecule has 1 nitrogen and oxygen atoms in total. The van der Waals surface area contributed by atoms with Crippen molar-refractivity contribution in [2.24, 2.45) is 5.92 Å². The average Bonchev–Trinajstić information content (AvgIpc) is 2.88. The topological polar surface area (TPSA) is 12.0 Å². The van der Waals surface area contributed by atoms with Crippen LogP contribution in [0.5, 0.6) is 0 Å². The third kappa shape index (κ3) is 3.27. The third-order valence-electron chi connectivity index (χ3n) is 3.59. The van der Waals surface area contributed by atoms with Gasteiger partial charge in [0.25, 0.3) is 0 Å². The predicted octanol–water partition coefficient (Wildman–Crippen LogP) is 3.93. The van der Waals surface area contributed by atoms with Crippen LogP contribution in [0.1, 0.15) is 36.9 Å². The number of aryl methyl sites for hydroxylation is 1. The minimum Gasteiger partial charge on any atom is -0.310 e. The molecule has 0 saturated carbocycles. The first-order valence-electron chi connectivity index (χ1n) is 6.79. The lowest BCUT2D eigenvalue weighted by Crippen LogP contribution is -2.29. The van der Waals surface area contributed by atoms with Crippen molar-refractivity contribution in [3.8, 4) is 0 Å². The van der Waals surface area contributed by atoms with Gasteiger partial charge in [-0.2, -0.15) is 11.8 Å². The highest BCUT2D eigenvalue weighted by atomic mass is 32.2. The van der Waals surface area contributed by atoms with Crippen LogP contribution in [-0.4, -0.2) is 18.1 Å². The van der Waals surface area contributed by atoms with Gasteiger partial charge in [0.05, 0.1) is 0 Å². The second kappa shape index (κ2) is 6.58. The molecule has 0 amide bonds. The Kier molecular flexibility index (Phi) is 5.07. The molecule has 2 unspecified atom stereocenters. The number of hydrogen-bond acceptors (Lipinski definition) is 2. The van der Waals surface area contributed by atoms with Gasteiger partial charge in [-0.05, 0) is 60.9 Å². The minimum absolute atomic E-state index is 0.103. The van der Waals surface area contributed by atoms with E-state index in [1.54, 1.807) is 6.07 Å². The maximum Gasteiger partial charge on any atom is 0.126 e. The maximum atomic E-state index is 13.4. The first-order chi connectivity index (χ1) is 8.72. The third-order valence-corrected chi connectivity index (χ3v) is 4.78. The molecular formula is C15H22FNS. The van der Waals surface area contributed by atoms with Crippen LogP contribution in [0.3, 0.4) is 0 Å². The summed E-state index contributed by atoms with van der Waals surface area (Å²) < 4.78 is 13.4. The van der Waals surface area contributed by atoms with E-state index < -0.39 is 0 Å². The maximum absolute atomic E-state index is 13.4. The molecule has 1 N–H and O–H groups in total. The zero-order chi connectivity index (χ0) is 13.0. The van der Waals surface area contributed by atoms with Gasteiger partial charge in [0, 0.05) is 6.04 Å². The van der Waals surface area contributed by atoms with E-state index in [2.05, 4.69) is 12.2 Å². The molecule has 3 heteroatoms. The fraction of sp³-hybridized carbons (Fsp3) is 0.600. The van der Waals surface area contributed by atoms with Crippen LogP contribution < -0.4 is 5.32 Å². The number of thioether (sulfide) groups is 1. The van der Waals surface area contributed by atoms with Crippen LogP contribution >= 0.6 is 11.8 Å². The molecule has 0 bridgehead atoms. The van der Waals surface area contributed by atoms with Gasteiger partial charge >= 0.3 is 0 Å². The van der Waals surface area contributed by atoms with Crippen LogP contribution in [0.2, 0.25) is 0 Å². The molecule has 1 saturated heterocycles. The van der Waals surface area contributed by atoms with Crippen molar-refractivity contribution in [2.75, 3.05) is 18.1 Å². The molecule has 0 aliphatic carbocycles. The standard InChI is InChI=1S/C15H22FNS/c1-3-7-17-15(13-6-8-18-10-13)12-4-5-14(16)11(2)9-12/h4-5,9,13,15,17H,3,6-8,10H2,1-2H3. The highest BCUT2D eigenvalue weighted by Crippen LogP contribution is 2.34. The fourth-order valence-electron chi connectivity index (χ4n) is 2.53. The fourth-order valence-corrected chi connectivity index (χ4v) is 3.83. The monoisotopic (exact) mass is 267 g/mol. The molecule has 2 rings (SSSR count). The van der Waals surface area contributed by atoms with Gasteiger partial charge in [0.2, 0.25) is 0 Å². The summed E-state index contributed by atoms with van der Waals surface area (Å²) in [5.74, 6) is 3.06. The summed E-state index contributed by atoms with van der Waals surface area (Å²) in [6, 6.07) is 5.94. The van der Waals surface area contributed by atoms with E-state index in [1.165, 1.54) is 23.5 Å². The molecule has 1 fully saturated rings. The van der Waals surface area contributed by atoms with E-state index in [-0.39, 0.29) is 5.82 Å². The molecule has 1 aliphatic heterocycles. The lowest BCUT2D eigenvalue weighted by Gasteiger charge is -2.25. The van der Waals surface area contributed by atoms with Crippen molar-refractivity contribution in [1.82, 2.24) is 5.32 Å². The van der Waals surface area contributed by atoms with Crippen LogP contribution in [0.25, 0.3) is 0 Å². The van der Waals surface area contributed by atoms with Gasteiger partial charge in [0.1, 0.15) is 5.82 Å². The Labute approximate surface area is 114 Å². The van der Waals surface area contributed by atoms with Crippen LogP contribution in [0, 0.1) is 18.7 Å². The molecule has 0 radical (unpaired) electrons. The van der Waals surface area contributed by atoms with E-state index >= 15 is 0 Å². The molecular weight excluding hydrogens is 245 g/mol. The number of hydrogen-bond donors (Lipinski definition) is 1. The Hall–Kier alpha value is -0.540. The molecule has 1 aromatic rings. The molecule has 1 aromatic carbocycles. The summed E-state index contributed by atoms with van der Waals surface area (Å²) in [6.07, 6.45) is 2.40. The summed E-state index contributed by atoms with van der Waals surface area (Å²) in [7, 11) is 0. The Morgan fingerprint density at radius 1 is 1.50 bits per heavy atom. The lowest BCUT2D eigenvalue weighted by atomic mass is 9.91. The van der Waals surface area contributed by atoms with E-state index in [1.807, 2.05) is 30.8 Å². The smallest absolute Gasteiger partial charge is 0.126 e. The first kappa shape index (κ1) is 13.9. The molecule has 1 heterocycles. The summed E-state index contributed by atoms with van der Waals surface area (Å²) in [5.41, 5.74) is 2.00. The Balaban J connectivity index is 2.17. The van der Waals surface area contributed by atoms with Crippen molar-refractivity contribution in [2.45, 2.75) is 32.7 Å². The normalized spacial score (nSPS) is 21.2. The minimum atomic E-state index is -0.103. The van der Waals surface area contributed by atoms with Crippen LogP contribution in [-0.2, 0) is 0 Å². The van der Waals surface area contributed by atoms with Crippen LogP contribution in [0.15, 0.2) is 18.2 Å². The molecule has 100 valence electrons. The first-order valence-corrected chi connectivity index (χ1v) is 7.95. The zero-order valence-corrected chi connectivity index (χ0v) is 12.0.